The van der Waals surface area contributed by atoms with Crippen LogP contribution in [0.2, 0.25) is 0 Å². The average Bonchev–Trinajstić information content (AvgIpc) is 2.26. The highest BCUT2D eigenvalue weighted by Crippen LogP contribution is 2.04. The van der Waals surface area contributed by atoms with Crippen molar-refractivity contribution >= 4 is 5.91 Å². The van der Waals surface area contributed by atoms with Gasteiger partial charge in [-0.15, -0.1) is 0 Å². The van der Waals surface area contributed by atoms with Gasteiger partial charge >= 0.3 is 0 Å². The van der Waals surface area contributed by atoms with Crippen LogP contribution in [-0.4, -0.2) is 31.1 Å². The normalized spacial score (nSPS) is 10.9. The molecule has 0 rings (SSSR count). The zero-order valence-electron chi connectivity index (χ0n) is 10.0. The second kappa shape index (κ2) is 10.3. The molecule has 3 nitrogen and oxygen atoms in total. The van der Waals surface area contributed by atoms with Crippen LogP contribution in [0.4, 0.5) is 0 Å². The van der Waals surface area contributed by atoms with Crippen molar-refractivity contribution < 1.29 is 9.53 Å². The minimum Gasteiger partial charge on any atom is -0.372 e. The molecule has 3 heteroatoms. The van der Waals surface area contributed by atoms with E-state index in [0.717, 1.165) is 12.8 Å². The lowest BCUT2D eigenvalue weighted by molar-refractivity contribution is -0.138. The maximum Gasteiger partial charge on any atom is 0.255 e. The van der Waals surface area contributed by atoms with Crippen LogP contribution in [0.3, 0.4) is 0 Å². The number of nitrogens with zero attached hydrogens (tertiary/aromatic N) is 1. The molecular weight excluding hydrogens is 178 g/mol. The van der Waals surface area contributed by atoms with E-state index in [1.807, 2.05) is 20.8 Å². The molecule has 0 aromatic rings. The molecule has 0 N–H and O–H groups in total. The number of methoxy groups -OCH3 is 1. The van der Waals surface area contributed by atoms with Crippen LogP contribution in [0, 0.1) is 0 Å². The largest absolute Gasteiger partial charge is 0.372 e. The van der Waals surface area contributed by atoms with Gasteiger partial charge in [0.2, 0.25) is 0 Å². The van der Waals surface area contributed by atoms with Crippen molar-refractivity contribution in [1.82, 2.24) is 4.90 Å². The standard InChI is InChI=1S/C9H17NO2.C2H6/c1-5-7-8(12-4)9(11)10(3)6-2;1-2/h6,8H,2,5,7H2,1,3-4H3;1-2H3. The molecule has 0 radical (unpaired) electrons. The lowest BCUT2D eigenvalue weighted by Crippen LogP contribution is -2.34. The van der Waals surface area contributed by atoms with E-state index in [1.54, 1.807) is 14.2 Å². The molecule has 0 saturated heterocycles. The fourth-order valence-electron chi connectivity index (χ4n) is 0.921. The third-order valence-corrected chi connectivity index (χ3v) is 1.73. The first-order valence-electron chi connectivity index (χ1n) is 5.09. The molecule has 0 spiro atoms. The lowest BCUT2D eigenvalue weighted by atomic mass is 10.2. The Morgan fingerprint density at radius 1 is 1.57 bits per heavy atom. The summed E-state index contributed by atoms with van der Waals surface area (Å²) in [6.45, 7) is 9.53. The van der Waals surface area contributed by atoms with Crippen molar-refractivity contribution in [3.63, 3.8) is 0 Å². The molecule has 1 amide bonds. The van der Waals surface area contributed by atoms with Gasteiger partial charge in [-0.25, -0.2) is 0 Å². The van der Waals surface area contributed by atoms with Crippen molar-refractivity contribution in [1.29, 1.82) is 0 Å². The van der Waals surface area contributed by atoms with Crippen molar-refractivity contribution in [3.05, 3.63) is 12.8 Å². The molecule has 14 heavy (non-hydrogen) atoms. The summed E-state index contributed by atoms with van der Waals surface area (Å²) in [5.74, 6) is -0.0330. The van der Waals surface area contributed by atoms with E-state index in [9.17, 15) is 4.79 Å². The van der Waals surface area contributed by atoms with Gasteiger partial charge in [-0.1, -0.05) is 33.8 Å². The summed E-state index contributed by atoms with van der Waals surface area (Å²) in [6.07, 6.45) is 2.87. The monoisotopic (exact) mass is 201 g/mol. The van der Waals surface area contributed by atoms with Crippen molar-refractivity contribution in [2.45, 2.75) is 39.7 Å². The third kappa shape index (κ3) is 5.75. The minimum absolute atomic E-state index is 0.0330. The maximum atomic E-state index is 11.4. The van der Waals surface area contributed by atoms with Gasteiger partial charge in [0.05, 0.1) is 0 Å². The summed E-state index contributed by atoms with van der Waals surface area (Å²) in [4.78, 5) is 12.9. The van der Waals surface area contributed by atoms with Gasteiger partial charge < -0.3 is 9.64 Å². The molecule has 0 saturated carbocycles. The second-order valence-electron chi connectivity index (χ2n) is 2.64. The van der Waals surface area contributed by atoms with Gasteiger partial charge in [-0.3, -0.25) is 4.79 Å². The number of hydrogen-bond donors (Lipinski definition) is 0. The number of carbonyl (C=O) groups excluding carboxylic acids is 1. The highest BCUT2D eigenvalue weighted by Gasteiger charge is 2.18. The Labute approximate surface area is 87.7 Å². The van der Waals surface area contributed by atoms with Gasteiger partial charge in [0.15, 0.2) is 0 Å². The number of likely N-dealkylation sites (N-methyl/N-ethyl adjacent to an activating group) is 1. The van der Waals surface area contributed by atoms with Crippen LogP contribution in [0.1, 0.15) is 33.6 Å². The van der Waals surface area contributed by atoms with Crippen LogP contribution >= 0.6 is 0 Å². The van der Waals surface area contributed by atoms with E-state index in [2.05, 4.69) is 6.58 Å². The summed E-state index contributed by atoms with van der Waals surface area (Å²) in [7, 11) is 3.23. The first kappa shape index (κ1) is 15.6. The van der Waals surface area contributed by atoms with Gasteiger partial charge in [0.25, 0.3) is 5.91 Å². The quantitative estimate of drug-likeness (QED) is 0.683. The van der Waals surface area contributed by atoms with Crippen molar-refractivity contribution in [2.24, 2.45) is 0 Å². The van der Waals surface area contributed by atoms with Gasteiger partial charge in [0, 0.05) is 14.2 Å². The number of carbonyl (C=O) groups is 1. The van der Waals surface area contributed by atoms with E-state index in [0.29, 0.717) is 0 Å². The molecule has 0 aliphatic carbocycles. The first-order valence-corrected chi connectivity index (χ1v) is 5.09. The maximum absolute atomic E-state index is 11.4. The third-order valence-electron chi connectivity index (χ3n) is 1.73. The van der Waals surface area contributed by atoms with E-state index in [1.165, 1.54) is 11.1 Å². The number of hydrogen-bond acceptors (Lipinski definition) is 2. The molecule has 1 unspecified atom stereocenters. The number of amides is 1. The fourth-order valence-corrected chi connectivity index (χ4v) is 0.921. The van der Waals surface area contributed by atoms with Crippen molar-refractivity contribution in [2.75, 3.05) is 14.2 Å². The Hall–Kier alpha value is -0.830. The predicted molar refractivity (Wildman–Crippen MR) is 60.0 cm³/mol. The van der Waals surface area contributed by atoms with Gasteiger partial charge in [-0.2, -0.15) is 0 Å². The van der Waals surface area contributed by atoms with E-state index < -0.39 is 0 Å². The molecule has 0 aromatic heterocycles. The zero-order chi connectivity index (χ0) is 11.6. The Balaban J connectivity index is 0. The van der Waals surface area contributed by atoms with E-state index >= 15 is 0 Å². The van der Waals surface area contributed by atoms with Crippen LogP contribution in [0.25, 0.3) is 0 Å². The molecule has 0 aliphatic rings. The van der Waals surface area contributed by atoms with Gasteiger partial charge in [-0.05, 0) is 12.6 Å². The topological polar surface area (TPSA) is 29.5 Å². The Morgan fingerprint density at radius 3 is 2.36 bits per heavy atom. The van der Waals surface area contributed by atoms with Crippen molar-refractivity contribution in [3.8, 4) is 0 Å². The van der Waals surface area contributed by atoms with E-state index in [-0.39, 0.29) is 12.0 Å². The molecule has 1 atom stereocenters. The molecule has 0 bridgehead atoms. The summed E-state index contributed by atoms with van der Waals surface area (Å²) in [6, 6.07) is 0. The predicted octanol–water partition coefficient (Wildman–Crippen LogP) is 2.43. The lowest BCUT2D eigenvalue weighted by Gasteiger charge is -2.18. The summed E-state index contributed by atoms with van der Waals surface area (Å²) in [5.41, 5.74) is 0. The molecule has 84 valence electrons. The Morgan fingerprint density at radius 2 is 2.07 bits per heavy atom. The molecule has 0 heterocycles. The van der Waals surface area contributed by atoms with Crippen LogP contribution in [-0.2, 0) is 9.53 Å². The summed E-state index contributed by atoms with van der Waals surface area (Å²) in [5, 5.41) is 0. The average molecular weight is 201 g/mol. The fraction of sp³-hybridized carbons (Fsp3) is 0.727. The summed E-state index contributed by atoms with van der Waals surface area (Å²) >= 11 is 0. The van der Waals surface area contributed by atoms with Crippen LogP contribution < -0.4 is 0 Å². The first-order chi connectivity index (χ1) is 6.67. The molecule has 0 aromatic carbocycles. The SMILES string of the molecule is C=CN(C)C(=O)C(CCC)OC.CC. The highest BCUT2D eigenvalue weighted by atomic mass is 16.5. The van der Waals surface area contributed by atoms with Crippen LogP contribution in [0.15, 0.2) is 12.8 Å². The van der Waals surface area contributed by atoms with Crippen LogP contribution in [0.5, 0.6) is 0 Å². The van der Waals surface area contributed by atoms with Gasteiger partial charge in [0.1, 0.15) is 6.10 Å². The Bertz CT molecular complexity index is 157. The Kier molecular flexibility index (Phi) is 11.4. The second-order valence-corrected chi connectivity index (χ2v) is 2.64. The summed E-state index contributed by atoms with van der Waals surface area (Å²) < 4.78 is 5.04. The number of rotatable bonds is 5. The highest BCUT2D eigenvalue weighted by molar-refractivity contribution is 5.81. The smallest absolute Gasteiger partial charge is 0.255 e. The molecule has 0 aliphatic heterocycles. The number of ether oxygens (including phenoxy) is 1. The minimum atomic E-state index is -0.321. The molecular formula is C11H23NO2. The zero-order valence-corrected chi connectivity index (χ0v) is 10.0. The molecule has 0 fully saturated rings. The van der Waals surface area contributed by atoms with E-state index in [4.69, 9.17) is 4.74 Å².